The van der Waals surface area contributed by atoms with Gasteiger partial charge in [-0.15, -0.1) is 0 Å². The SMILES string of the molecule is CN[C@H](O[C@H]1CCCCSSCc2c(ccc3ccc(O)cc23)-c2c(ccc(O)c2OC)CCC(=O)C1)c1cccc(O)c1. The van der Waals surface area contributed by atoms with Crippen LogP contribution in [0.1, 0.15) is 55.0 Å². The minimum Gasteiger partial charge on any atom is -0.508 e. The average Bonchev–Trinajstić information content (AvgIpc) is 3.01. The highest BCUT2D eigenvalue weighted by atomic mass is 33.1. The van der Waals surface area contributed by atoms with Gasteiger partial charge in [0.25, 0.3) is 0 Å². The Balaban J connectivity index is 1.48. The van der Waals surface area contributed by atoms with Gasteiger partial charge in [-0.05, 0) is 89.7 Å². The molecule has 0 bridgehead atoms. The number of nitrogens with one attached hydrogen (secondary N) is 1. The molecule has 4 N–H and O–H groups in total. The zero-order chi connectivity index (χ0) is 31.1. The number of aromatic hydroxyl groups is 3. The third-order valence-corrected chi connectivity index (χ3v) is 10.4. The molecule has 7 nitrogen and oxygen atoms in total. The van der Waals surface area contributed by atoms with Crippen molar-refractivity contribution in [2.24, 2.45) is 0 Å². The molecule has 0 aliphatic carbocycles. The van der Waals surface area contributed by atoms with Crippen LogP contribution in [-0.4, -0.2) is 47.1 Å². The molecule has 0 radical (unpaired) electrons. The molecule has 5 rings (SSSR count). The number of carbonyl (C=O) groups is 1. The zero-order valence-corrected chi connectivity index (χ0v) is 26.7. The van der Waals surface area contributed by atoms with Crippen molar-refractivity contribution in [1.82, 2.24) is 5.32 Å². The molecule has 9 heteroatoms. The Labute approximate surface area is 266 Å². The summed E-state index contributed by atoms with van der Waals surface area (Å²) in [6, 6.07) is 19.9. The maximum atomic E-state index is 13.5. The summed E-state index contributed by atoms with van der Waals surface area (Å²) in [6.45, 7) is 0. The van der Waals surface area contributed by atoms with Crippen LogP contribution in [0.25, 0.3) is 21.9 Å². The molecular weight excluding hydrogens is 595 g/mol. The number of hydrogen-bond acceptors (Lipinski definition) is 9. The summed E-state index contributed by atoms with van der Waals surface area (Å²) >= 11 is 0. The number of fused-ring (bicyclic) bond motifs is 5. The Morgan fingerprint density at radius 2 is 1.75 bits per heavy atom. The van der Waals surface area contributed by atoms with Crippen LogP contribution in [0.3, 0.4) is 0 Å². The van der Waals surface area contributed by atoms with Crippen molar-refractivity contribution in [3.63, 3.8) is 0 Å². The van der Waals surface area contributed by atoms with Crippen molar-refractivity contribution >= 4 is 38.1 Å². The van der Waals surface area contributed by atoms with E-state index in [1.807, 2.05) is 31.3 Å². The van der Waals surface area contributed by atoms with Crippen molar-refractivity contribution in [2.45, 2.75) is 56.6 Å². The van der Waals surface area contributed by atoms with Gasteiger partial charge in [-0.3, -0.25) is 10.1 Å². The molecule has 0 saturated carbocycles. The lowest BCUT2D eigenvalue weighted by Gasteiger charge is -2.25. The van der Waals surface area contributed by atoms with Gasteiger partial charge in [0, 0.05) is 29.9 Å². The number of carbonyl (C=O) groups excluding carboxylic acids is 1. The molecule has 0 saturated heterocycles. The zero-order valence-electron chi connectivity index (χ0n) is 25.0. The first-order chi connectivity index (χ1) is 21.4. The second-order valence-corrected chi connectivity index (χ2v) is 13.6. The van der Waals surface area contributed by atoms with E-state index < -0.39 is 6.23 Å². The number of hydrogen-bond donors (Lipinski definition) is 4. The van der Waals surface area contributed by atoms with E-state index >= 15 is 0 Å². The second-order valence-electron chi connectivity index (χ2n) is 11.0. The van der Waals surface area contributed by atoms with Crippen LogP contribution in [0.4, 0.5) is 0 Å². The van der Waals surface area contributed by atoms with Gasteiger partial charge in [0.05, 0.1) is 13.2 Å². The predicted molar refractivity (Wildman–Crippen MR) is 180 cm³/mol. The van der Waals surface area contributed by atoms with E-state index in [1.165, 1.54) is 0 Å². The maximum Gasteiger partial charge on any atom is 0.168 e. The number of rotatable bonds is 5. The largest absolute Gasteiger partial charge is 0.508 e. The third-order valence-electron chi connectivity index (χ3n) is 8.00. The summed E-state index contributed by atoms with van der Waals surface area (Å²) in [6.07, 6.45) is 2.99. The molecule has 1 aliphatic rings. The van der Waals surface area contributed by atoms with Crippen molar-refractivity contribution < 1.29 is 29.6 Å². The van der Waals surface area contributed by atoms with Crippen molar-refractivity contribution in [1.29, 1.82) is 0 Å². The third kappa shape index (κ3) is 7.64. The van der Waals surface area contributed by atoms with E-state index in [9.17, 15) is 20.1 Å². The first-order valence-corrected chi connectivity index (χ1v) is 17.4. The van der Waals surface area contributed by atoms with Crippen LogP contribution in [0, 0.1) is 0 Å². The van der Waals surface area contributed by atoms with Gasteiger partial charge in [0.2, 0.25) is 0 Å². The number of aryl methyl sites for hydroxylation is 1. The van der Waals surface area contributed by atoms with Crippen molar-refractivity contribution in [3.8, 4) is 34.1 Å². The lowest BCUT2D eigenvalue weighted by Crippen LogP contribution is -2.27. The number of Topliss-reactive ketones (excluding diaryl/α,β-unsaturated/α-hetero) is 1. The highest BCUT2D eigenvalue weighted by molar-refractivity contribution is 8.76. The number of ketones is 1. The fraction of sp³-hybridized carbons (Fsp3) is 0.343. The summed E-state index contributed by atoms with van der Waals surface area (Å²) in [5, 5.41) is 36.3. The van der Waals surface area contributed by atoms with Gasteiger partial charge < -0.3 is 24.8 Å². The molecular formula is C35H39NO6S2. The smallest absolute Gasteiger partial charge is 0.168 e. The number of phenols is 3. The molecule has 2 atom stereocenters. The standard InChI is InChI=1S/C35H39NO6S2/c1-36-35(24-6-5-7-25(37)18-24)42-28-8-3-4-17-43-44-21-31-29(15-11-22-9-13-27(39)20-30(22)31)33-23(10-14-26(38)19-28)12-16-32(40)34(33)41-2/h5-7,9,11-13,15-16,18,20,28,35-37,39-40H,3-4,8,10,14,17,19,21H2,1-2H3/t28-,35+/m0/s1. The average molecular weight is 634 g/mol. The van der Waals surface area contributed by atoms with Gasteiger partial charge in [-0.25, -0.2) is 0 Å². The van der Waals surface area contributed by atoms with Crippen LogP contribution in [0.2, 0.25) is 0 Å². The molecule has 44 heavy (non-hydrogen) atoms. The Bertz CT molecular complexity index is 1610. The highest BCUT2D eigenvalue weighted by Gasteiger charge is 2.24. The van der Waals surface area contributed by atoms with E-state index in [0.717, 1.165) is 63.6 Å². The molecule has 0 unspecified atom stereocenters. The number of ether oxygens (including phenoxy) is 2. The molecule has 4 aromatic rings. The summed E-state index contributed by atoms with van der Waals surface area (Å²) in [4.78, 5) is 13.5. The number of phenolic OH excluding ortho intramolecular Hbond substituents is 3. The minimum atomic E-state index is -0.450. The Morgan fingerprint density at radius 3 is 2.55 bits per heavy atom. The maximum absolute atomic E-state index is 13.5. The fourth-order valence-electron chi connectivity index (χ4n) is 5.82. The molecule has 0 spiro atoms. The van der Waals surface area contributed by atoms with E-state index in [4.69, 9.17) is 9.47 Å². The molecule has 0 amide bonds. The molecule has 1 heterocycles. The van der Waals surface area contributed by atoms with Gasteiger partial charge >= 0.3 is 0 Å². The Morgan fingerprint density at radius 1 is 0.932 bits per heavy atom. The summed E-state index contributed by atoms with van der Waals surface area (Å²) < 4.78 is 12.2. The fourth-order valence-corrected chi connectivity index (χ4v) is 8.08. The Kier molecular flexibility index (Phi) is 11.0. The summed E-state index contributed by atoms with van der Waals surface area (Å²) in [5.41, 5.74) is 4.45. The molecule has 4 aromatic carbocycles. The van der Waals surface area contributed by atoms with Crippen LogP contribution >= 0.6 is 21.6 Å². The molecule has 0 fully saturated rings. The molecule has 1 aliphatic heterocycles. The molecule has 232 valence electrons. The second kappa shape index (κ2) is 15.1. The van der Waals surface area contributed by atoms with Crippen LogP contribution in [0.5, 0.6) is 23.0 Å². The number of methoxy groups -OCH3 is 1. The van der Waals surface area contributed by atoms with Crippen LogP contribution < -0.4 is 10.1 Å². The topological polar surface area (TPSA) is 108 Å². The number of benzene rings is 4. The van der Waals surface area contributed by atoms with Gasteiger partial charge in [-0.1, -0.05) is 64.4 Å². The van der Waals surface area contributed by atoms with E-state index in [-0.39, 0.29) is 35.6 Å². The van der Waals surface area contributed by atoms with Gasteiger partial charge in [0.15, 0.2) is 11.5 Å². The predicted octanol–water partition coefficient (Wildman–Crippen LogP) is 7.89. The minimum absolute atomic E-state index is 0.0366. The monoisotopic (exact) mass is 633 g/mol. The van der Waals surface area contributed by atoms with Crippen LogP contribution in [0.15, 0.2) is 66.7 Å². The van der Waals surface area contributed by atoms with Crippen LogP contribution in [-0.2, 0) is 21.7 Å². The lowest BCUT2D eigenvalue weighted by molar-refractivity contribution is -0.124. The first kappa shape index (κ1) is 32.0. The van der Waals surface area contributed by atoms with Gasteiger partial charge in [-0.2, -0.15) is 0 Å². The highest BCUT2D eigenvalue weighted by Crippen LogP contribution is 2.45. The summed E-state index contributed by atoms with van der Waals surface area (Å²) in [5.74, 6) is 2.51. The van der Waals surface area contributed by atoms with Crippen molar-refractivity contribution in [3.05, 3.63) is 83.4 Å². The van der Waals surface area contributed by atoms with Crippen molar-refractivity contribution in [2.75, 3.05) is 19.9 Å². The normalized spacial score (nSPS) is 17.5. The quantitative estimate of drug-likeness (QED) is 0.129. The molecule has 0 aromatic heterocycles. The summed E-state index contributed by atoms with van der Waals surface area (Å²) in [7, 11) is 6.93. The van der Waals surface area contributed by atoms with E-state index in [1.54, 1.807) is 65.1 Å². The van der Waals surface area contributed by atoms with E-state index in [2.05, 4.69) is 11.4 Å². The van der Waals surface area contributed by atoms with Gasteiger partial charge in [0.1, 0.15) is 23.5 Å². The van der Waals surface area contributed by atoms with E-state index in [0.29, 0.717) is 24.3 Å². The lowest BCUT2D eigenvalue weighted by atomic mass is 9.89. The Hall–Kier alpha value is -3.37. The first-order valence-electron chi connectivity index (χ1n) is 14.9.